The van der Waals surface area contributed by atoms with Gasteiger partial charge in [-0.3, -0.25) is 4.90 Å². The Labute approximate surface area is 156 Å². The minimum absolute atomic E-state index is 0.0234. The highest BCUT2D eigenvalue weighted by Crippen LogP contribution is 2.28. The molecule has 0 bridgehead atoms. The zero-order valence-corrected chi connectivity index (χ0v) is 15.5. The van der Waals surface area contributed by atoms with Crippen LogP contribution in [0.25, 0.3) is 5.78 Å². The monoisotopic (exact) mass is 382 g/mol. The number of halogens is 3. The number of rotatable bonds is 3. The van der Waals surface area contributed by atoms with E-state index >= 15 is 0 Å². The van der Waals surface area contributed by atoms with E-state index in [1.807, 2.05) is 0 Å². The quantitative estimate of drug-likeness (QED) is 0.878. The van der Waals surface area contributed by atoms with Crippen LogP contribution < -0.4 is 5.32 Å². The zero-order valence-electron chi connectivity index (χ0n) is 15.5. The number of hydrogen-bond acceptors (Lipinski definition) is 5. The summed E-state index contributed by atoms with van der Waals surface area (Å²) in [5.74, 6) is -0.656. The van der Waals surface area contributed by atoms with Gasteiger partial charge >= 0.3 is 6.18 Å². The van der Waals surface area contributed by atoms with Gasteiger partial charge in [-0.1, -0.05) is 19.3 Å². The lowest BCUT2D eigenvalue weighted by molar-refractivity contribution is -0.144. The molecule has 2 fully saturated rings. The summed E-state index contributed by atoms with van der Waals surface area (Å²) in [7, 11) is 0. The summed E-state index contributed by atoms with van der Waals surface area (Å²) in [5, 5.41) is 7.05. The summed E-state index contributed by atoms with van der Waals surface area (Å²) >= 11 is 0. The molecule has 6 nitrogen and oxygen atoms in total. The van der Waals surface area contributed by atoms with E-state index in [0.717, 1.165) is 25.9 Å². The van der Waals surface area contributed by atoms with Gasteiger partial charge in [0.15, 0.2) is 0 Å². The van der Waals surface area contributed by atoms with Crippen LogP contribution in [-0.2, 0) is 6.18 Å². The second-order valence-corrected chi connectivity index (χ2v) is 7.70. The third-order valence-electron chi connectivity index (χ3n) is 5.59. The summed E-state index contributed by atoms with van der Waals surface area (Å²) in [6.45, 7) is 3.77. The third kappa shape index (κ3) is 4.02. The molecule has 1 atom stereocenters. The maximum absolute atomic E-state index is 13.0. The predicted molar refractivity (Wildman–Crippen MR) is 95.6 cm³/mol. The average molecular weight is 382 g/mol. The molecule has 0 aromatic carbocycles. The van der Waals surface area contributed by atoms with E-state index in [9.17, 15) is 13.2 Å². The van der Waals surface area contributed by atoms with Crippen LogP contribution in [0.4, 0.5) is 19.0 Å². The van der Waals surface area contributed by atoms with Crippen LogP contribution in [0, 0.1) is 6.92 Å². The lowest BCUT2D eigenvalue weighted by Crippen LogP contribution is -2.47. The van der Waals surface area contributed by atoms with Crippen LogP contribution in [0.3, 0.4) is 0 Å². The number of alkyl halides is 3. The highest BCUT2D eigenvalue weighted by Gasteiger charge is 2.37. The van der Waals surface area contributed by atoms with Gasteiger partial charge in [0.1, 0.15) is 5.82 Å². The van der Waals surface area contributed by atoms with Crippen LogP contribution in [0.1, 0.15) is 56.5 Å². The largest absolute Gasteiger partial charge is 0.453 e. The van der Waals surface area contributed by atoms with Gasteiger partial charge in [0.2, 0.25) is 0 Å². The Balaban J connectivity index is 1.54. The molecule has 2 aliphatic rings. The van der Waals surface area contributed by atoms with E-state index in [-0.39, 0.29) is 11.8 Å². The molecule has 2 aromatic rings. The number of anilines is 1. The normalized spacial score (nSPS) is 23.0. The molecule has 0 radical (unpaired) electrons. The molecule has 0 spiro atoms. The van der Waals surface area contributed by atoms with E-state index in [1.165, 1.54) is 36.6 Å². The van der Waals surface area contributed by atoms with Gasteiger partial charge in [-0.15, -0.1) is 5.10 Å². The first-order valence-corrected chi connectivity index (χ1v) is 9.72. The minimum atomic E-state index is -4.58. The standard InChI is InChI=1S/C18H25F3N6/c1-12-10-15(27-17(22-12)24-16(25-27)18(19,20)21)23-13-6-5-9-26(11-13)14-7-3-2-4-8-14/h10,13-14,23H,2-9,11H2,1H3. The molecule has 1 aliphatic carbocycles. The number of nitrogens with zero attached hydrogens (tertiary/aromatic N) is 5. The van der Waals surface area contributed by atoms with Gasteiger partial charge in [0.25, 0.3) is 11.6 Å². The summed E-state index contributed by atoms with van der Waals surface area (Å²) in [5.41, 5.74) is 0.617. The van der Waals surface area contributed by atoms with Crippen molar-refractivity contribution in [3.05, 3.63) is 17.6 Å². The second kappa shape index (κ2) is 7.26. The Morgan fingerprint density at radius 2 is 1.85 bits per heavy atom. The van der Waals surface area contributed by atoms with Crippen LogP contribution in [0.15, 0.2) is 6.07 Å². The maximum atomic E-state index is 13.0. The number of fused-ring (bicyclic) bond motifs is 1. The Bertz CT molecular complexity index is 796. The van der Waals surface area contributed by atoms with Crippen LogP contribution in [0.2, 0.25) is 0 Å². The number of aromatic nitrogens is 4. The Morgan fingerprint density at radius 3 is 2.59 bits per heavy atom. The summed E-state index contributed by atoms with van der Waals surface area (Å²) < 4.78 is 40.1. The molecule has 9 heteroatoms. The van der Waals surface area contributed by atoms with Crippen molar-refractivity contribution >= 4 is 11.6 Å². The first-order chi connectivity index (χ1) is 12.9. The molecular weight excluding hydrogens is 357 g/mol. The maximum Gasteiger partial charge on any atom is 0.453 e. The first-order valence-electron chi connectivity index (χ1n) is 9.72. The molecule has 1 N–H and O–H groups in total. The van der Waals surface area contributed by atoms with E-state index in [0.29, 0.717) is 17.6 Å². The summed E-state index contributed by atoms with van der Waals surface area (Å²) in [6, 6.07) is 2.57. The number of likely N-dealkylation sites (tertiary alicyclic amines) is 1. The highest BCUT2D eigenvalue weighted by molar-refractivity contribution is 5.46. The van der Waals surface area contributed by atoms with Gasteiger partial charge < -0.3 is 5.32 Å². The van der Waals surface area contributed by atoms with Crippen molar-refractivity contribution in [2.24, 2.45) is 0 Å². The number of hydrogen-bond donors (Lipinski definition) is 1. The minimum Gasteiger partial charge on any atom is -0.366 e. The molecule has 27 heavy (non-hydrogen) atoms. The molecule has 1 aliphatic heterocycles. The molecule has 0 amide bonds. The molecule has 1 saturated heterocycles. The SMILES string of the molecule is Cc1cc(NC2CCCN(C3CCCCC3)C2)n2nc(C(F)(F)F)nc2n1. The smallest absolute Gasteiger partial charge is 0.366 e. The van der Waals surface area contributed by atoms with Crippen molar-refractivity contribution < 1.29 is 13.2 Å². The molecule has 1 unspecified atom stereocenters. The van der Waals surface area contributed by atoms with Gasteiger partial charge in [-0.2, -0.15) is 22.7 Å². The van der Waals surface area contributed by atoms with E-state index in [4.69, 9.17) is 0 Å². The van der Waals surface area contributed by atoms with E-state index in [1.54, 1.807) is 13.0 Å². The van der Waals surface area contributed by atoms with Crippen molar-refractivity contribution in [3.8, 4) is 0 Å². The first kappa shape index (κ1) is 18.5. The topological polar surface area (TPSA) is 58.4 Å². The third-order valence-corrected chi connectivity index (χ3v) is 5.59. The van der Waals surface area contributed by atoms with Crippen molar-refractivity contribution in [3.63, 3.8) is 0 Å². The summed E-state index contributed by atoms with van der Waals surface area (Å²) in [4.78, 5) is 10.2. The van der Waals surface area contributed by atoms with Gasteiger partial charge in [-0.05, 0) is 39.2 Å². The number of aryl methyl sites for hydroxylation is 1. The van der Waals surface area contributed by atoms with Crippen molar-refractivity contribution in [1.82, 2.24) is 24.5 Å². The molecule has 4 rings (SSSR count). The van der Waals surface area contributed by atoms with Crippen LogP contribution >= 0.6 is 0 Å². The fraction of sp³-hybridized carbons (Fsp3) is 0.722. The van der Waals surface area contributed by atoms with Crippen molar-refractivity contribution in [1.29, 1.82) is 0 Å². The van der Waals surface area contributed by atoms with E-state index in [2.05, 4.69) is 25.3 Å². The average Bonchev–Trinajstić information content (AvgIpc) is 3.07. The fourth-order valence-electron chi connectivity index (χ4n) is 4.32. The van der Waals surface area contributed by atoms with Gasteiger partial charge in [-0.25, -0.2) is 4.98 Å². The van der Waals surface area contributed by atoms with Crippen LogP contribution in [0.5, 0.6) is 0 Å². The molecule has 2 aromatic heterocycles. The molecule has 148 valence electrons. The molecule has 1 saturated carbocycles. The Morgan fingerprint density at radius 1 is 1.07 bits per heavy atom. The van der Waals surface area contributed by atoms with Crippen molar-refractivity contribution in [2.75, 3.05) is 18.4 Å². The predicted octanol–water partition coefficient (Wildman–Crippen LogP) is 3.66. The second-order valence-electron chi connectivity index (χ2n) is 7.70. The highest BCUT2D eigenvalue weighted by atomic mass is 19.4. The fourth-order valence-corrected chi connectivity index (χ4v) is 4.32. The lowest BCUT2D eigenvalue weighted by atomic mass is 9.92. The van der Waals surface area contributed by atoms with Crippen LogP contribution in [-0.4, -0.2) is 49.7 Å². The summed E-state index contributed by atoms with van der Waals surface area (Å²) in [6.07, 6.45) is 3.92. The van der Waals surface area contributed by atoms with Gasteiger partial charge in [0.05, 0.1) is 0 Å². The molecule has 3 heterocycles. The van der Waals surface area contributed by atoms with E-state index < -0.39 is 12.0 Å². The Hall–Kier alpha value is -1.90. The van der Waals surface area contributed by atoms with Crippen molar-refractivity contribution in [2.45, 2.75) is 70.1 Å². The zero-order chi connectivity index (χ0) is 19.0. The number of nitrogens with one attached hydrogen (secondary N) is 1. The van der Waals surface area contributed by atoms with Gasteiger partial charge in [0, 0.05) is 30.4 Å². The lowest BCUT2D eigenvalue weighted by Gasteiger charge is -2.40. The molecular formula is C18H25F3N6. The Kier molecular flexibility index (Phi) is 4.96. The number of piperidine rings is 1.